The van der Waals surface area contributed by atoms with Gasteiger partial charge in [0, 0.05) is 30.4 Å². The van der Waals surface area contributed by atoms with Crippen molar-refractivity contribution in [2.75, 3.05) is 6.54 Å². The lowest BCUT2D eigenvalue weighted by Gasteiger charge is -2.27. The lowest BCUT2D eigenvalue weighted by atomic mass is 9.86. The summed E-state index contributed by atoms with van der Waals surface area (Å²) in [6.45, 7) is 4.67. The molecule has 1 heterocycles. The van der Waals surface area contributed by atoms with Crippen LogP contribution in [0.3, 0.4) is 0 Å². The summed E-state index contributed by atoms with van der Waals surface area (Å²) >= 11 is 0. The molecule has 2 N–H and O–H groups in total. The molecular formula is C15H23N3O3. The van der Waals surface area contributed by atoms with Crippen molar-refractivity contribution in [2.24, 2.45) is 5.92 Å². The van der Waals surface area contributed by atoms with E-state index in [1.807, 2.05) is 0 Å². The first-order valence-electron chi connectivity index (χ1n) is 7.49. The van der Waals surface area contributed by atoms with Crippen LogP contribution in [0, 0.1) is 29.9 Å². The molecule has 0 aromatic carbocycles. The molecule has 2 rings (SSSR count). The van der Waals surface area contributed by atoms with E-state index < -0.39 is 0 Å². The number of pyridine rings is 1. The predicted octanol–water partition coefficient (Wildman–Crippen LogP) is 2.25. The van der Waals surface area contributed by atoms with Crippen molar-refractivity contribution >= 4 is 5.69 Å². The van der Waals surface area contributed by atoms with Crippen molar-refractivity contribution in [3.63, 3.8) is 0 Å². The molecule has 1 fully saturated rings. The number of aromatic nitrogens is 1. The van der Waals surface area contributed by atoms with Crippen molar-refractivity contribution in [2.45, 2.75) is 52.2 Å². The van der Waals surface area contributed by atoms with E-state index in [-0.39, 0.29) is 22.6 Å². The molecule has 21 heavy (non-hydrogen) atoms. The molecule has 0 saturated heterocycles. The summed E-state index contributed by atoms with van der Waals surface area (Å²) in [5.74, 6) is 0.277. The Morgan fingerprint density at radius 1 is 1.43 bits per heavy atom. The zero-order chi connectivity index (χ0) is 15.4. The highest BCUT2D eigenvalue weighted by Crippen LogP contribution is 2.25. The fourth-order valence-electron chi connectivity index (χ4n) is 3.03. The van der Waals surface area contributed by atoms with E-state index in [1.165, 1.54) is 0 Å². The van der Waals surface area contributed by atoms with Gasteiger partial charge in [-0.1, -0.05) is 12.8 Å². The standard InChI is InChI=1S/C15H23N3O3/c1-10-7-17-13(11(2)15(10)18(20)21)9-16-8-12-5-3-4-6-14(12)19/h7,12,14,16,19H,3-6,8-9H2,1-2H3. The SMILES string of the molecule is Cc1cnc(CNCC2CCCCC2O)c(C)c1[N+](=O)[O-]. The van der Waals surface area contributed by atoms with Crippen molar-refractivity contribution in [3.8, 4) is 0 Å². The molecule has 6 heteroatoms. The topological polar surface area (TPSA) is 88.3 Å². The van der Waals surface area contributed by atoms with Crippen LogP contribution < -0.4 is 5.32 Å². The first-order valence-corrected chi connectivity index (χ1v) is 7.49. The molecule has 1 aliphatic carbocycles. The zero-order valence-electron chi connectivity index (χ0n) is 12.6. The second-order valence-electron chi connectivity index (χ2n) is 5.86. The Kier molecular flexibility index (Phi) is 5.25. The first kappa shape index (κ1) is 15.9. The number of hydrogen-bond acceptors (Lipinski definition) is 5. The second-order valence-corrected chi connectivity index (χ2v) is 5.86. The van der Waals surface area contributed by atoms with Gasteiger partial charge >= 0.3 is 0 Å². The average molecular weight is 293 g/mol. The van der Waals surface area contributed by atoms with Gasteiger partial charge in [-0.25, -0.2) is 0 Å². The number of nitrogens with zero attached hydrogens (tertiary/aromatic N) is 2. The number of aliphatic hydroxyl groups excluding tert-OH is 1. The van der Waals surface area contributed by atoms with Gasteiger partial charge in [-0.2, -0.15) is 0 Å². The van der Waals surface area contributed by atoms with Crippen LogP contribution in [-0.2, 0) is 6.54 Å². The van der Waals surface area contributed by atoms with Gasteiger partial charge in [0.25, 0.3) is 5.69 Å². The maximum Gasteiger partial charge on any atom is 0.278 e. The highest BCUT2D eigenvalue weighted by atomic mass is 16.6. The van der Waals surface area contributed by atoms with Gasteiger partial charge in [0.05, 0.1) is 16.7 Å². The highest BCUT2D eigenvalue weighted by molar-refractivity contribution is 5.47. The van der Waals surface area contributed by atoms with Crippen molar-refractivity contribution < 1.29 is 10.0 Å². The third-order valence-electron chi connectivity index (χ3n) is 4.33. The minimum Gasteiger partial charge on any atom is -0.393 e. The summed E-state index contributed by atoms with van der Waals surface area (Å²) in [6, 6.07) is 0. The number of aliphatic hydroxyl groups is 1. The monoisotopic (exact) mass is 293 g/mol. The van der Waals surface area contributed by atoms with E-state index in [4.69, 9.17) is 0 Å². The summed E-state index contributed by atoms with van der Waals surface area (Å²) in [7, 11) is 0. The van der Waals surface area contributed by atoms with Gasteiger partial charge in [0.15, 0.2) is 0 Å². The molecule has 1 aromatic heterocycles. The molecule has 0 aliphatic heterocycles. The van der Waals surface area contributed by atoms with Gasteiger partial charge < -0.3 is 10.4 Å². The van der Waals surface area contributed by atoms with Crippen molar-refractivity contribution in [1.29, 1.82) is 0 Å². The van der Waals surface area contributed by atoms with Crippen LogP contribution in [-0.4, -0.2) is 27.7 Å². The minimum absolute atomic E-state index is 0.152. The van der Waals surface area contributed by atoms with E-state index in [0.717, 1.165) is 32.2 Å². The van der Waals surface area contributed by atoms with Crippen LogP contribution in [0.15, 0.2) is 6.20 Å². The lowest BCUT2D eigenvalue weighted by Crippen LogP contribution is -2.33. The number of nitrogens with one attached hydrogen (secondary N) is 1. The van der Waals surface area contributed by atoms with Crippen molar-refractivity contribution in [3.05, 3.63) is 33.1 Å². The zero-order valence-corrected chi connectivity index (χ0v) is 12.6. The van der Waals surface area contributed by atoms with E-state index in [2.05, 4.69) is 10.3 Å². The van der Waals surface area contributed by atoms with Gasteiger partial charge in [-0.3, -0.25) is 15.1 Å². The first-order chi connectivity index (χ1) is 10.0. The lowest BCUT2D eigenvalue weighted by molar-refractivity contribution is -0.386. The van der Waals surface area contributed by atoms with Crippen LogP contribution in [0.4, 0.5) is 5.69 Å². The Morgan fingerprint density at radius 3 is 2.81 bits per heavy atom. The van der Waals surface area contributed by atoms with Crippen LogP contribution >= 0.6 is 0 Å². The third kappa shape index (κ3) is 3.77. The number of aryl methyl sites for hydroxylation is 1. The normalized spacial score (nSPS) is 22.2. The molecular weight excluding hydrogens is 270 g/mol. The molecule has 0 radical (unpaired) electrons. The van der Waals surface area contributed by atoms with Crippen LogP contribution in [0.2, 0.25) is 0 Å². The molecule has 1 aliphatic rings. The Morgan fingerprint density at radius 2 is 2.14 bits per heavy atom. The number of nitro groups is 1. The quantitative estimate of drug-likeness (QED) is 0.642. The maximum atomic E-state index is 11.1. The van der Waals surface area contributed by atoms with Gasteiger partial charge in [0.1, 0.15) is 0 Å². The van der Waals surface area contributed by atoms with Gasteiger partial charge in [-0.15, -0.1) is 0 Å². The summed E-state index contributed by atoms with van der Waals surface area (Å²) < 4.78 is 0. The fraction of sp³-hybridized carbons (Fsp3) is 0.667. The highest BCUT2D eigenvalue weighted by Gasteiger charge is 2.23. The fourth-order valence-corrected chi connectivity index (χ4v) is 3.03. The second kappa shape index (κ2) is 6.95. The molecule has 1 aromatic rings. The van der Waals surface area contributed by atoms with Gasteiger partial charge in [-0.05, 0) is 32.6 Å². The summed E-state index contributed by atoms with van der Waals surface area (Å²) in [5.41, 5.74) is 2.07. The molecule has 0 bridgehead atoms. The molecule has 2 atom stereocenters. The number of hydrogen-bond donors (Lipinski definition) is 2. The minimum atomic E-state index is -0.346. The molecule has 2 unspecified atom stereocenters. The number of rotatable bonds is 5. The van der Waals surface area contributed by atoms with E-state index in [9.17, 15) is 15.2 Å². The van der Waals surface area contributed by atoms with E-state index in [0.29, 0.717) is 23.4 Å². The summed E-state index contributed by atoms with van der Waals surface area (Å²) in [4.78, 5) is 15.0. The third-order valence-corrected chi connectivity index (χ3v) is 4.33. The smallest absolute Gasteiger partial charge is 0.278 e. The Bertz CT molecular complexity index is 519. The van der Waals surface area contributed by atoms with Gasteiger partial charge in [0.2, 0.25) is 0 Å². The van der Waals surface area contributed by atoms with E-state index in [1.54, 1.807) is 20.0 Å². The Balaban J connectivity index is 1.97. The maximum absolute atomic E-state index is 11.1. The molecule has 1 saturated carbocycles. The van der Waals surface area contributed by atoms with E-state index >= 15 is 0 Å². The largest absolute Gasteiger partial charge is 0.393 e. The average Bonchev–Trinajstić information content (AvgIpc) is 2.43. The molecule has 116 valence electrons. The molecule has 0 amide bonds. The summed E-state index contributed by atoms with van der Waals surface area (Å²) in [6.07, 6.45) is 5.50. The van der Waals surface area contributed by atoms with Crippen LogP contribution in [0.5, 0.6) is 0 Å². The summed E-state index contributed by atoms with van der Waals surface area (Å²) in [5, 5.41) is 24.3. The Hall–Kier alpha value is -1.53. The predicted molar refractivity (Wildman–Crippen MR) is 80.0 cm³/mol. The molecule has 6 nitrogen and oxygen atoms in total. The molecule has 0 spiro atoms. The van der Waals surface area contributed by atoms with Crippen molar-refractivity contribution in [1.82, 2.24) is 10.3 Å². The van der Waals surface area contributed by atoms with Crippen LogP contribution in [0.1, 0.15) is 42.5 Å². The Labute approximate surface area is 124 Å². The van der Waals surface area contributed by atoms with Crippen LogP contribution in [0.25, 0.3) is 0 Å².